The van der Waals surface area contributed by atoms with E-state index in [0.717, 1.165) is 16.9 Å². The summed E-state index contributed by atoms with van der Waals surface area (Å²) in [5.41, 5.74) is 2.88. The number of amides is 1. The Bertz CT molecular complexity index is 755. The van der Waals surface area contributed by atoms with Crippen molar-refractivity contribution in [2.75, 3.05) is 25.1 Å². The second-order valence-corrected chi connectivity index (χ2v) is 5.70. The minimum absolute atomic E-state index is 0.273. The number of carbonyl (C=O) groups is 2. The molecule has 0 atom stereocenters. The van der Waals surface area contributed by atoms with Gasteiger partial charge in [-0.15, -0.1) is 0 Å². The first kappa shape index (κ1) is 19.3. The number of hydrogen-bond acceptors (Lipinski definition) is 5. The fourth-order valence-corrected chi connectivity index (χ4v) is 2.14. The van der Waals surface area contributed by atoms with Crippen molar-refractivity contribution in [3.05, 3.63) is 53.6 Å². The van der Waals surface area contributed by atoms with Crippen molar-refractivity contribution in [2.45, 2.75) is 20.8 Å². The van der Waals surface area contributed by atoms with Gasteiger partial charge >= 0.3 is 5.97 Å². The van der Waals surface area contributed by atoms with E-state index in [0.29, 0.717) is 18.0 Å². The summed E-state index contributed by atoms with van der Waals surface area (Å²) in [6.07, 6.45) is 0. The Morgan fingerprint density at radius 1 is 0.885 bits per heavy atom. The molecule has 26 heavy (non-hydrogen) atoms. The Labute approximate surface area is 153 Å². The summed E-state index contributed by atoms with van der Waals surface area (Å²) >= 11 is 0. The van der Waals surface area contributed by atoms with E-state index >= 15 is 0 Å². The molecule has 0 aliphatic heterocycles. The van der Waals surface area contributed by atoms with Crippen LogP contribution in [0.2, 0.25) is 0 Å². The molecule has 6 nitrogen and oxygen atoms in total. The van der Waals surface area contributed by atoms with Crippen LogP contribution in [0, 0.1) is 13.8 Å². The van der Waals surface area contributed by atoms with Crippen LogP contribution in [-0.4, -0.2) is 31.7 Å². The Hall–Kier alpha value is -3.02. The van der Waals surface area contributed by atoms with Gasteiger partial charge in [0.25, 0.3) is 5.91 Å². The minimum atomic E-state index is -0.617. The summed E-state index contributed by atoms with van der Waals surface area (Å²) in [6.45, 7) is 5.80. The third kappa shape index (κ3) is 6.12. The minimum Gasteiger partial charge on any atom is -0.494 e. The molecule has 138 valence electrons. The zero-order chi connectivity index (χ0) is 18.9. The van der Waals surface area contributed by atoms with E-state index in [2.05, 4.69) is 5.32 Å². The van der Waals surface area contributed by atoms with Crippen molar-refractivity contribution in [1.29, 1.82) is 0 Å². The molecular weight excluding hydrogens is 334 g/mol. The topological polar surface area (TPSA) is 73.9 Å². The number of ether oxygens (including phenoxy) is 3. The molecular formula is C20H23NO5. The molecule has 0 aromatic heterocycles. The maximum Gasteiger partial charge on any atom is 0.344 e. The highest BCUT2D eigenvalue weighted by molar-refractivity contribution is 5.93. The van der Waals surface area contributed by atoms with Gasteiger partial charge in [0.2, 0.25) is 0 Å². The highest BCUT2D eigenvalue weighted by atomic mass is 16.6. The van der Waals surface area contributed by atoms with E-state index in [9.17, 15) is 9.59 Å². The molecule has 2 rings (SSSR count). The van der Waals surface area contributed by atoms with Crippen LogP contribution in [0.5, 0.6) is 11.5 Å². The Balaban J connectivity index is 1.72. The molecule has 2 aromatic carbocycles. The molecule has 0 fully saturated rings. The van der Waals surface area contributed by atoms with Crippen LogP contribution < -0.4 is 14.8 Å². The zero-order valence-electron chi connectivity index (χ0n) is 15.2. The molecule has 0 bridgehead atoms. The Morgan fingerprint density at radius 3 is 2.15 bits per heavy atom. The summed E-state index contributed by atoms with van der Waals surface area (Å²) in [5, 5.41) is 2.69. The first-order valence-corrected chi connectivity index (χ1v) is 8.36. The van der Waals surface area contributed by atoms with Crippen molar-refractivity contribution in [3.8, 4) is 11.5 Å². The van der Waals surface area contributed by atoms with Gasteiger partial charge in [-0.25, -0.2) is 4.79 Å². The smallest absolute Gasteiger partial charge is 0.344 e. The highest BCUT2D eigenvalue weighted by Gasteiger charge is 2.09. The van der Waals surface area contributed by atoms with Gasteiger partial charge in [-0.05, 0) is 68.3 Å². The normalized spacial score (nSPS) is 10.1. The standard InChI is InChI=1S/C20H23NO5/c1-4-24-17-7-9-18(10-8-17)25-13-20(23)26-12-19(22)21-16-6-5-14(2)15(3)11-16/h5-11H,4,12-13H2,1-3H3,(H,21,22). The average Bonchev–Trinajstić information content (AvgIpc) is 2.63. The number of nitrogens with one attached hydrogen (secondary N) is 1. The molecule has 2 aromatic rings. The predicted molar refractivity (Wildman–Crippen MR) is 98.6 cm³/mol. The second kappa shape index (κ2) is 9.46. The van der Waals surface area contributed by atoms with Crippen LogP contribution in [0.1, 0.15) is 18.1 Å². The van der Waals surface area contributed by atoms with Crippen LogP contribution in [0.3, 0.4) is 0 Å². The molecule has 0 saturated carbocycles. The van der Waals surface area contributed by atoms with Crippen LogP contribution in [-0.2, 0) is 14.3 Å². The molecule has 6 heteroatoms. The molecule has 0 heterocycles. The van der Waals surface area contributed by atoms with Gasteiger partial charge in [-0.2, -0.15) is 0 Å². The number of anilines is 1. The van der Waals surface area contributed by atoms with Crippen molar-refractivity contribution < 1.29 is 23.8 Å². The molecule has 1 N–H and O–H groups in total. The van der Waals surface area contributed by atoms with Gasteiger partial charge in [-0.1, -0.05) is 6.07 Å². The zero-order valence-corrected chi connectivity index (χ0v) is 15.2. The number of rotatable bonds is 8. The van der Waals surface area contributed by atoms with Crippen LogP contribution in [0.15, 0.2) is 42.5 Å². The summed E-state index contributed by atoms with van der Waals surface area (Å²) in [7, 11) is 0. The lowest BCUT2D eigenvalue weighted by Crippen LogP contribution is -2.23. The van der Waals surface area contributed by atoms with Gasteiger partial charge in [0.15, 0.2) is 13.2 Å². The van der Waals surface area contributed by atoms with Crippen LogP contribution in [0.25, 0.3) is 0 Å². The Morgan fingerprint density at radius 2 is 1.54 bits per heavy atom. The molecule has 1 amide bonds. The quantitative estimate of drug-likeness (QED) is 0.734. The summed E-state index contributed by atoms with van der Waals surface area (Å²) in [6, 6.07) is 12.5. The van der Waals surface area contributed by atoms with Gasteiger partial charge in [0, 0.05) is 5.69 Å². The first-order chi connectivity index (χ1) is 12.5. The first-order valence-electron chi connectivity index (χ1n) is 8.36. The molecule has 0 radical (unpaired) electrons. The molecule has 0 spiro atoms. The summed E-state index contributed by atoms with van der Waals surface area (Å²) < 4.78 is 15.6. The SMILES string of the molecule is CCOc1ccc(OCC(=O)OCC(=O)Nc2ccc(C)c(C)c2)cc1. The summed E-state index contributed by atoms with van der Waals surface area (Å²) in [4.78, 5) is 23.5. The largest absolute Gasteiger partial charge is 0.494 e. The third-order valence-electron chi connectivity index (χ3n) is 3.65. The second-order valence-electron chi connectivity index (χ2n) is 5.70. The number of carbonyl (C=O) groups excluding carboxylic acids is 2. The van der Waals surface area contributed by atoms with Crippen LogP contribution in [0.4, 0.5) is 5.69 Å². The number of aryl methyl sites for hydroxylation is 2. The summed E-state index contributed by atoms with van der Waals surface area (Å²) in [5.74, 6) is 0.229. The van der Waals surface area contributed by atoms with E-state index in [1.807, 2.05) is 32.9 Å². The monoisotopic (exact) mass is 357 g/mol. The van der Waals surface area contributed by atoms with E-state index in [1.54, 1.807) is 30.3 Å². The van der Waals surface area contributed by atoms with E-state index in [-0.39, 0.29) is 13.2 Å². The van der Waals surface area contributed by atoms with Crippen LogP contribution >= 0.6 is 0 Å². The maximum atomic E-state index is 11.8. The predicted octanol–water partition coefficient (Wildman–Crippen LogP) is 3.26. The fraction of sp³-hybridized carbons (Fsp3) is 0.300. The van der Waals surface area contributed by atoms with Crippen molar-refractivity contribution in [3.63, 3.8) is 0 Å². The maximum absolute atomic E-state index is 11.8. The van der Waals surface area contributed by atoms with E-state index < -0.39 is 11.9 Å². The van der Waals surface area contributed by atoms with E-state index in [1.165, 1.54) is 0 Å². The van der Waals surface area contributed by atoms with Gasteiger partial charge in [0.1, 0.15) is 11.5 Å². The highest BCUT2D eigenvalue weighted by Crippen LogP contribution is 2.17. The number of hydrogen-bond donors (Lipinski definition) is 1. The van der Waals surface area contributed by atoms with Gasteiger partial charge in [-0.3, -0.25) is 4.79 Å². The third-order valence-corrected chi connectivity index (χ3v) is 3.65. The lowest BCUT2D eigenvalue weighted by Gasteiger charge is -2.09. The Kier molecular flexibility index (Phi) is 7.02. The van der Waals surface area contributed by atoms with Crippen molar-refractivity contribution in [2.24, 2.45) is 0 Å². The number of esters is 1. The van der Waals surface area contributed by atoms with Crippen molar-refractivity contribution >= 4 is 17.6 Å². The molecule has 0 saturated heterocycles. The average molecular weight is 357 g/mol. The lowest BCUT2D eigenvalue weighted by molar-refractivity contribution is -0.149. The molecule has 0 aliphatic carbocycles. The van der Waals surface area contributed by atoms with Gasteiger partial charge in [0.05, 0.1) is 6.61 Å². The van der Waals surface area contributed by atoms with E-state index in [4.69, 9.17) is 14.2 Å². The molecule has 0 aliphatic rings. The number of benzene rings is 2. The van der Waals surface area contributed by atoms with Gasteiger partial charge < -0.3 is 19.5 Å². The fourth-order valence-electron chi connectivity index (χ4n) is 2.14. The molecule has 0 unspecified atom stereocenters. The lowest BCUT2D eigenvalue weighted by atomic mass is 10.1. The van der Waals surface area contributed by atoms with Crippen molar-refractivity contribution in [1.82, 2.24) is 0 Å².